The summed E-state index contributed by atoms with van der Waals surface area (Å²) in [6.45, 7) is 3.69. The van der Waals surface area contributed by atoms with Crippen molar-refractivity contribution in [2.45, 2.75) is 37.8 Å². The molecule has 24 heavy (non-hydrogen) atoms. The number of halogens is 1. The summed E-state index contributed by atoms with van der Waals surface area (Å²) in [5.41, 5.74) is 0. The molecule has 2 heterocycles. The van der Waals surface area contributed by atoms with E-state index in [0.29, 0.717) is 17.7 Å². The predicted molar refractivity (Wildman–Crippen MR) is 93.5 cm³/mol. The second-order valence-corrected chi connectivity index (χ2v) is 6.74. The van der Waals surface area contributed by atoms with Gasteiger partial charge in [-0.1, -0.05) is 23.7 Å². The van der Waals surface area contributed by atoms with Gasteiger partial charge in [0.1, 0.15) is 18.5 Å². The van der Waals surface area contributed by atoms with Crippen molar-refractivity contribution in [3.63, 3.8) is 0 Å². The lowest BCUT2D eigenvalue weighted by Gasteiger charge is -2.33. The smallest absolute Gasteiger partial charge is 0.251 e. The number of nitrogens with one attached hydrogen (secondary N) is 1. The molecule has 0 radical (unpaired) electrons. The molecular formula is C18H25ClN2O3. The Labute approximate surface area is 148 Å². The Bertz CT molecular complexity index is 541. The van der Waals surface area contributed by atoms with Crippen LogP contribution in [0.5, 0.6) is 5.75 Å². The summed E-state index contributed by atoms with van der Waals surface area (Å²) >= 11 is 6.06. The average molecular weight is 353 g/mol. The molecule has 3 rings (SSSR count). The SMILES string of the molecule is O=C(C1CCCO1)N1CCC(NCCOc2ccccc2Cl)CC1. The first-order valence-corrected chi connectivity index (χ1v) is 9.13. The summed E-state index contributed by atoms with van der Waals surface area (Å²) in [6, 6.07) is 7.94. The number of ether oxygens (including phenoxy) is 2. The molecule has 132 valence electrons. The van der Waals surface area contributed by atoms with Crippen LogP contribution in [0.4, 0.5) is 0 Å². The molecule has 2 aliphatic rings. The van der Waals surface area contributed by atoms with E-state index in [4.69, 9.17) is 21.1 Å². The highest BCUT2D eigenvalue weighted by Gasteiger charge is 2.30. The van der Waals surface area contributed by atoms with Gasteiger partial charge in [0.25, 0.3) is 5.91 Å². The van der Waals surface area contributed by atoms with Gasteiger partial charge in [-0.2, -0.15) is 0 Å². The minimum Gasteiger partial charge on any atom is -0.491 e. The number of amides is 1. The first-order valence-electron chi connectivity index (χ1n) is 8.75. The van der Waals surface area contributed by atoms with E-state index < -0.39 is 0 Å². The third-order valence-electron chi connectivity index (χ3n) is 4.64. The van der Waals surface area contributed by atoms with E-state index in [2.05, 4.69) is 5.32 Å². The fourth-order valence-corrected chi connectivity index (χ4v) is 3.46. The van der Waals surface area contributed by atoms with Crippen LogP contribution >= 0.6 is 11.6 Å². The highest BCUT2D eigenvalue weighted by molar-refractivity contribution is 6.32. The number of nitrogens with zero attached hydrogens (tertiary/aromatic N) is 1. The fourth-order valence-electron chi connectivity index (χ4n) is 3.27. The number of hydrogen-bond donors (Lipinski definition) is 1. The number of piperidine rings is 1. The van der Waals surface area contributed by atoms with E-state index in [1.165, 1.54) is 0 Å². The number of hydrogen-bond acceptors (Lipinski definition) is 4. The Morgan fingerprint density at radius 3 is 2.79 bits per heavy atom. The van der Waals surface area contributed by atoms with E-state index >= 15 is 0 Å². The molecule has 1 amide bonds. The van der Waals surface area contributed by atoms with Gasteiger partial charge in [-0.25, -0.2) is 0 Å². The maximum Gasteiger partial charge on any atom is 0.251 e. The van der Waals surface area contributed by atoms with Crippen molar-refractivity contribution < 1.29 is 14.3 Å². The van der Waals surface area contributed by atoms with Gasteiger partial charge >= 0.3 is 0 Å². The van der Waals surface area contributed by atoms with Crippen molar-refractivity contribution in [2.75, 3.05) is 32.8 Å². The quantitative estimate of drug-likeness (QED) is 0.799. The Balaban J connectivity index is 1.32. The van der Waals surface area contributed by atoms with Crippen LogP contribution in [0.1, 0.15) is 25.7 Å². The number of benzene rings is 1. The van der Waals surface area contributed by atoms with Gasteiger partial charge in [0.05, 0.1) is 5.02 Å². The van der Waals surface area contributed by atoms with E-state index in [-0.39, 0.29) is 12.0 Å². The molecule has 0 spiro atoms. The van der Waals surface area contributed by atoms with Crippen LogP contribution in [0.2, 0.25) is 5.02 Å². The van der Waals surface area contributed by atoms with Crippen molar-refractivity contribution in [2.24, 2.45) is 0 Å². The molecule has 0 aromatic heterocycles. The lowest BCUT2D eigenvalue weighted by molar-refractivity contribution is -0.142. The zero-order valence-electron chi connectivity index (χ0n) is 13.9. The molecule has 1 unspecified atom stereocenters. The summed E-state index contributed by atoms with van der Waals surface area (Å²) in [6.07, 6.45) is 3.63. The van der Waals surface area contributed by atoms with Crippen molar-refractivity contribution in [1.82, 2.24) is 10.2 Å². The van der Waals surface area contributed by atoms with Gasteiger partial charge in [-0.15, -0.1) is 0 Å². The maximum atomic E-state index is 12.3. The van der Waals surface area contributed by atoms with Crippen LogP contribution in [0, 0.1) is 0 Å². The van der Waals surface area contributed by atoms with Crippen molar-refractivity contribution >= 4 is 17.5 Å². The summed E-state index contributed by atoms with van der Waals surface area (Å²) in [5, 5.41) is 4.14. The second kappa shape index (κ2) is 8.70. The maximum absolute atomic E-state index is 12.3. The predicted octanol–water partition coefficient (Wildman–Crippen LogP) is 2.48. The van der Waals surface area contributed by atoms with E-state index in [9.17, 15) is 4.79 Å². The monoisotopic (exact) mass is 352 g/mol. The number of carbonyl (C=O) groups is 1. The Morgan fingerprint density at radius 2 is 2.08 bits per heavy atom. The van der Waals surface area contributed by atoms with Crippen LogP contribution in [0.3, 0.4) is 0 Å². The molecule has 1 aromatic rings. The zero-order valence-corrected chi connectivity index (χ0v) is 14.6. The molecule has 0 aliphatic carbocycles. The largest absolute Gasteiger partial charge is 0.491 e. The van der Waals surface area contributed by atoms with Gasteiger partial charge in [-0.3, -0.25) is 4.79 Å². The van der Waals surface area contributed by atoms with Crippen molar-refractivity contribution in [3.8, 4) is 5.75 Å². The fraction of sp³-hybridized carbons (Fsp3) is 0.611. The molecule has 2 aliphatic heterocycles. The van der Waals surface area contributed by atoms with Crippen LogP contribution < -0.4 is 10.1 Å². The standard InChI is InChI=1S/C18H25ClN2O3/c19-15-4-1-2-5-16(15)24-13-9-20-14-7-10-21(11-8-14)18(22)17-6-3-12-23-17/h1-2,4-5,14,17,20H,3,6-13H2. The number of carbonyl (C=O) groups excluding carboxylic acids is 1. The van der Waals surface area contributed by atoms with Gasteiger partial charge in [0.15, 0.2) is 0 Å². The Morgan fingerprint density at radius 1 is 1.29 bits per heavy atom. The zero-order chi connectivity index (χ0) is 16.8. The van der Waals surface area contributed by atoms with Crippen molar-refractivity contribution in [1.29, 1.82) is 0 Å². The molecule has 6 heteroatoms. The number of rotatable bonds is 6. The molecular weight excluding hydrogens is 328 g/mol. The Hall–Kier alpha value is -1.30. The van der Waals surface area contributed by atoms with E-state index in [1.54, 1.807) is 0 Å². The highest BCUT2D eigenvalue weighted by atomic mass is 35.5. The highest BCUT2D eigenvalue weighted by Crippen LogP contribution is 2.23. The van der Waals surface area contributed by atoms with Crippen LogP contribution in [-0.4, -0.2) is 55.8 Å². The summed E-state index contributed by atoms with van der Waals surface area (Å²) in [7, 11) is 0. The molecule has 1 aromatic carbocycles. The van der Waals surface area contributed by atoms with Gasteiger partial charge < -0.3 is 19.7 Å². The third-order valence-corrected chi connectivity index (χ3v) is 4.95. The minimum atomic E-state index is -0.196. The first kappa shape index (κ1) is 17.5. The normalized spacial score (nSPS) is 21.9. The lowest BCUT2D eigenvalue weighted by atomic mass is 10.0. The van der Waals surface area contributed by atoms with Crippen molar-refractivity contribution in [3.05, 3.63) is 29.3 Å². The average Bonchev–Trinajstić information content (AvgIpc) is 3.15. The molecule has 0 saturated carbocycles. The lowest BCUT2D eigenvalue weighted by Crippen LogP contribution is -2.48. The number of para-hydroxylation sites is 1. The molecule has 5 nitrogen and oxygen atoms in total. The van der Waals surface area contributed by atoms with Crippen LogP contribution in [-0.2, 0) is 9.53 Å². The summed E-state index contributed by atoms with van der Waals surface area (Å²) in [4.78, 5) is 14.3. The number of likely N-dealkylation sites (tertiary alicyclic amines) is 1. The molecule has 1 N–H and O–H groups in total. The molecule has 0 bridgehead atoms. The summed E-state index contributed by atoms with van der Waals surface area (Å²) in [5.74, 6) is 0.894. The Kier molecular flexibility index (Phi) is 6.35. The van der Waals surface area contributed by atoms with E-state index in [1.807, 2.05) is 29.2 Å². The molecule has 1 atom stereocenters. The van der Waals surface area contributed by atoms with Gasteiger partial charge in [-0.05, 0) is 37.8 Å². The van der Waals surface area contributed by atoms with Gasteiger partial charge in [0.2, 0.25) is 0 Å². The minimum absolute atomic E-state index is 0.174. The molecule has 2 fully saturated rings. The summed E-state index contributed by atoms with van der Waals surface area (Å²) < 4.78 is 11.2. The van der Waals surface area contributed by atoms with E-state index in [0.717, 1.165) is 57.7 Å². The van der Waals surface area contributed by atoms with Crippen LogP contribution in [0.15, 0.2) is 24.3 Å². The van der Waals surface area contributed by atoms with Crippen LogP contribution in [0.25, 0.3) is 0 Å². The molecule has 2 saturated heterocycles. The third kappa shape index (κ3) is 4.62. The van der Waals surface area contributed by atoms with Gasteiger partial charge in [0, 0.05) is 32.3 Å². The second-order valence-electron chi connectivity index (χ2n) is 6.33. The first-order chi connectivity index (χ1) is 11.7. The topological polar surface area (TPSA) is 50.8 Å².